The number of primary amides is 3. The maximum absolute atomic E-state index is 14.3. The van der Waals surface area contributed by atoms with Crippen molar-refractivity contribution in [2.24, 2.45) is 22.9 Å². The van der Waals surface area contributed by atoms with Gasteiger partial charge in [-0.1, -0.05) is 109 Å². The summed E-state index contributed by atoms with van der Waals surface area (Å²) >= 11 is 15.2. The Morgan fingerprint density at radius 3 is 1.20 bits per heavy atom. The third-order valence-electron chi connectivity index (χ3n) is 19.1. The van der Waals surface area contributed by atoms with E-state index in [0.717, 1.165) is 58.1 Å². The zero-order valence-corrected chi connectivity index (χ0v) is 65.1. The van der Waals surface area contributed by atoms with E-state index in [2.05, 4.69) is 62.4 Å². The number of H-pyrrole nitrogens is 1. The van der Waals surface area contributed by atoms with Crippen molar-refractivity contribution in [3.8, 4) is 33.4 Å². The van der Waals surface area contributed by atoms with Crippen LogP contribution in [0.15, 0.2) is 262 Å². The van der Waals surface area contributed by atoms with Gasteiger partial charge in [0.15, 0.2) is 5.78 Å². The summed E-state index contributed by atoms with van der Waals surface area (Å²) in [5.74, 6) is -11.1. The lowest BCUT2D eigenvalue weighted by molar-refractivity contribution is -0.120. The molecule has 0 aliphatic carbocycles. The second-order valence-corrected chi connectivity index (χ2v) is 28.4. The molecule has 0 radical (unpaired) electrons. The molecule has 27 heteroatoms. The van der Waals surface area contributed by atoms with Crippen LogP contribution in [0.4, 0.5) is 39.5 Å². The summed E-state index contributed by atoms with van der Waals surface area (Å²) in [6, 6.07) is 59.7. The number of aromatic nitrogens is 5. The molecule has 0 fully saturated rings. The van der Waals surface area contributed by atoms with E-state index >= 15 is 0 Å². The van der Waals surface area contributed by atoms with Gasteiger partial charge in [0.05, 0.1) is 69.2 Å². The van der Waals surface area contributed by atoms with Gasteiger partial charge in [-0.05, 0) is 178 Å². The Kier molecular flexibility index (Phi) is 29.3. The van der Waals surface area contributed by atoms with Crippen LogP contribution in [0.25, 0.3) is 76.7 Å². The Morgan fingerprint density at radius 2 is 0.773 bits per heavy atom. The van der Waals surface area contributed by atoms with Crippen LogP contribution in [0.5, 0.6) is 0 Å². The number of nitrogens with two attached hydrogens (primary N) is 4. The summed E-state index contributed by atoms with van der Waals surface area (Å²) in [4.78, 5) is 86.6. The van der Waals surface area contributed by atoms with Gasteiger partial charge >= 0.3 is 0 Å². The molecule has 0 bridgehead atoms. The van der Waals surface area contributed by atoms with Crippen LogP contribution in [-0.4, -0.2) is 70.8 Å². The molecule has 10 aromatic carbocycles. The molecule has 0 unspecified atom stereocenters. The van der Waals surface area contributed by atoms with Crippen molar-refractivity contribution < 1.29 is 68.3 Å². The van der Waals surface area contributed by atoms with Gasteiger partial charge in [0.2, 0.25) is 5.24 Å². The fourth-order valence-electron chi connectivity index (χ4n) is 14.0. The Balaban J connectivity index is 0.000000161. The molecule has 15 aromatic rings. The molecule has 5 aromatic heterocycles. The second kappa shape index (κ2) is 40.1. The van der Waals surface area contributed by atoms with Crippen LogP contribution in [0.1, 0.15) is 95.6 Å². The number of pyridine rings is 3. The normalized spacial score (nSPS) is 11.7. The lowest BCUT2D eigenvalue weighted by Crippen LogP contribution is -2.17. The molecule has 0 aliphatic rings. The van der Waals surface area contributed by atoms with Crippen molar-refractivity contribution in [3.05, 3.63) is 364 Å². The van der Waals surface area contributed by atoms with Crippen LogP contribution >= 0.6 is 34.8 Å². The number of nitrogens with one attached hydrogen (secondary N) is 1. The number of halogens is 12. The van der Waals surface area contributed by atoms with Gasteiger partial charge in [-0.3, -0.25) is 43.7 Å². The average molecular weight is 1680 g/mol. The molecule has 0 spiro atoms. The lowest BCUT2D eigenvalue weighted by Gasteiger charge is -2.20. The van der Waals surface area contributed by atoms with E-state index in [1.54, 1.807) is 42.6 Å². The molecular weight excluding hydrogens is 1600 g/mol. The summed E-state index contributed by atoms with van der Waals surface area (Å²) in [5.41, 5.74) is 29.0. The van der Waals surface area contributed by atoms with Crippen molar-refractivity contribution in [2.45, 2.75) is 56.5 Å². The number of Topliss-reactive ketones (excluding diaryl/α,β-unsaturated/α-hetero) is 2. The van der Waals surface area contributed by atoms with Crippen molar-refractivity contribution in [1.29, 1.82) is 0 Å². The van der Waals surface area contributed by atoms with Crippen LogP contribution in [0.3, 0.4) is 0 Å². The van der Waals surface area contributed by atoms with Gasteiger partial charge in [0.25, 0.3) is 17.7 Å². The Labute approximate surface area is 690 Å². The quantitative estimate of drug-likeness (QED) is 0.0230. The number of hydrogen-bond donors (Lipinski definition) is 5. The predicted molar refractivity (Wildman–Crippen MR) is 444 cm³/mol. The first kappa shape index (κ1) is 86.7. The number of carbonyl (C=O) groups excluding carboxylic acids is 6. The second-order valence-electron chi connectivity index (χ2n) is 27.4. The van der Waals surface area contributed by atoms with Crippen molar-refractivity contribution in [3.63, 3.8) is 0 Å². The average Bonchev–Trinajstić information content (AvgIpc) is 0.905. The summed E-state index contributed by atoms with van der Waals surface area (Å²) < 4.78 is 126. The molecule has 15 nitrogen and oxygen atoms in total. The fraction of sp³-hybridized carbons (Fsp3) is 0.120. The highest BCUT2D eigenvalue weighted by Gasteiger charge is 2.27. The standard InChI is InChI=1S/C35H26F3N3O2.C23H18ClF3N2O2.C20H16F3N3O.C12H9N.C2H2Cl2O/c36-26-15-21(16-27(37)19-26)14-25(33-29(6-3-12-40-33)24-9-10-32(38)31(18-24)35(39)43)17-28(42)20-41-13-11-23-8-7-22-4-1-2-5-30(22)34(23)41;24-12-18(30)9-15(6-13-7-16(25)11-17(26)8-13)22-19(2-1-5-29-22)14-3-4-21(27)20(10-14)23(28)31;21-13-6-11(7-14(22)10-13)8-18(24)19-15(2-1-5-26-19)12-3-4-17(23)16(9-12)20(25)27;1-2-4-11-9(3-1)5-6-10-7-8-13-12(10)11;3-1-2(4)5/h1-13,15-16,18-19,25H,14,17,20H2,(H2,39,43);1-5,7-8,10-11,15H,6,9,12H2,(H2,28,31);1-7,9-10,18H,8,24H2,(H2,25,27);1-8,13H;1H2/t25-;15-;18-;;/m110../s1. The molecular formula is C92H71Cl3F9N9O6. The third kappa shape index (κ3) is 22.5. The minimum absolute atomic E-state index is 0.0104. The smallest absolute Gasteiger partial charge is 0.251 e. The molecule has 15 rings (SSSR count). The third-order valence-corrected chi connectivity index (χ3v) is 19.9. The van der Waals surface area contributed by atoms with Gasteiger partial charge in [0.1, 0.15) is 58.1 Å². The largest absolute Gasteiger partial charge is 0.366 e. The number of ketones is 2. The number of rotatable bonds is 23. The number of aromatic amines is 1. The zero-order chi connectivity index (χ0) is 85.1. The molecule has 5 heterocycles. The van der Waals surface area contributed by atoms with Gasteiger partial charge in [-0.25, -0.2) is 39.5 Å². The van der Waals surface area contributed by atoms with E-state index in [9.17, 15) is 68.3 Å². The van der Waals surface area contributed by atoms with Crippen LogP contribution in [-0.2, 0) is 40.2 Å². The van der Waals surface area contributed by atoms with Crippen molar-refractivity contribution in [1.82, 2.24) is 24.5 Å². The highest BCUT2D eigenvalue weighted by Crippen LogP contribution is 2.38. The highest BCUT2D eigenvalue weighted by atomic mass is 35.5. The number of amides is 3. The number of carbonyl (C=O) groups is 6. The number of benzene rings is 10. The predicted octanol–water partition coefficient (Wildman–Crippen LogP) is 20.0. The molecule has 0 aliphatic heterocycles. The summed E-state index contributed by atoms with van der Waals surface area (Å²) in [6.45, 7) is 0.0794. The summed E-state index contributed by atoms with van der Waals surface area (Å²) in [6.07, 6.45) is 8.83. The van der Waals surface area contributed by atoms with Crippen LogP contribution in [0.2, 0.25) is 0 Å². The van der Waals surface area contributed by atoms with Gasteiger partial charge in [-0.15, -0.1) is 23.2 Å². The van der Waals surface area contributed by atoms with Crippen molar-refractivity contribution in [2.75, 3.05) is 11.8 Å². The maximum atomic E-state index is 14.3. The topological polar surface area (TPSA) is 266 Å². The Morgan fingerprint density at radius 1 is 0.395 bits per heavy atom. The molecule has 119 heavy (non-hydrogen) atoms. The highest BCUT2D eigenvalue weighted by molar-refractivity contribution is 6.67. The number of hydrogen-bond acceptors (Lipinski definition) is 10. The molecule has 9 N–H and O–H groups in total. The van der Waals surface area contributed by atoms with Gasteiger partial charge in [0, 0.05) is 112 Å². The first-order chi connectivity index (χ1) is 57.1. The van der Waals surface area contributed by atoms with Crippen LogP contribution in [0, 0.1) is 52.4 Å². The summed E-state index contributed by atoms with van der Waals surface area (Å²) in [7, 11) is 0. The molecule has 604 valence electrons. The van der Waals surface area contributed by atoms with Crippen molar-refractivity contribution >= 4 is 113 Å². The zero-order valence-electron chi connectivity index (χ0n) is 62.8. The minimum atomic E-state index is -0.922. The molecule has 3 atom stereocenters. The number of nitrogens with zero attached hydrogens (tertiary/aromatic N) is 4. The van der Waals surface area contributed by atoms with Crippen LogP contribution < -0.4 is 22.9 Å². The number of alkyl halides is 2. The van der Waals surface area contributed by atoms with Gasteiger partial charge in [-0.2, -0.15) is 0 Å². The lowest BCUT2D eigenvalue weighted by atomic mass is 9.86. The summed E-state index contributed by atoms with van der Waals surface area (Å²) in [5, 5.41) is 6.44. The Hall–Kier alpha value is -13.1. The van der Waals surface area contributed by atoms with Gasteiger partial charge < -0.3 is 32.5 Å². The molecule has 3 amide bonds. The van der Waals surface area contributed by atoms with E-state index < -0.39 is 93.2 Å². The van der Waals surface area contributed by atoms with E-state index in [-0.39, 0.29) is 78.7 Å². The van der Waals surface area contributed by atoms with E-state index in [4.69, 9.17) is 57.7 Å². The van der Waals surface area contributed by atoms with E-state index in [1.807, 2.05) is 59.4 Å². The monoisotopic (exact) mass is 1670 g/mol. The Bertz CT molecular complexity index is 6230. The van der Waals surface area contributed by atoms with E-state index in [1.165, 1.54) is 107 Å². The molecule has 0 saturated carbocycles. The number of fused-ring (bicyclic) bond motifs is 6. The minimum Gasteiger partial charge on any atom is -0.366 e. The van der Waals surface area contributed by atoms with E-state index in [0.29, 0.717) is 67.2 Å². The first-order valence-electron chi connectivity index (χ1n) is 36.6. The first-order valence-corrected chi connectivity index (χ1v) is 38.1. The maximum Gasteiger partial charge on any atom is 0.251 e. The fourth-order valence-corrected chi connectivity index (χ4v) is 14.1. The SMILES string of the molecule is NC(=O)c1cc(-c2cccnc2[C@@H](CC(=O)CCl)Cc2cc(F)cc(F)c2)ccc1F.NC(=O)c1cc(-c2cccnc2[C@@H](CC(=O)Cn2ccc3ccc4ccccc4c32)Cc2cc(F)cc(F)c2)ccc1F.NC(=O)c1cc(-c2cccnc2[C@@H](N)Cc2cc(F)cc(F)c2)ccc1F.O=C(Cl)CCl.c1ccc2c(c1)ccc1cc[nH]c12. The molecule has 0 saturated heterocycles.